The summed E-state index contributed by atoms with van der Waals surface area (Å²) in [5, 5.41) is 14.3. The zero-order valence-corrected chi connectivity index (χ0v) is 14.0. The molecule has 0 saturated carbocycles. The zero-order chi connectivity index (χ0) is 17.5. The molecule has 0 spiro atoms. The average molecular weight is 331 g/mol. The first-order chi connectivity index (χ1) is 11.5. The van der Waals surface area contributed by atoms with E-state index in [-0.39, 0.29) is 17.3 Å². The molecule has 0 aliphatic carbocycles. The molecule has 1 aromatic carbocycles. The Bertz CT molecular complexity index is 689. The van der Waals surface area contributed by atoms with E-state index >= 15 is 0 Å². The van der Waals surface area contributed by atoms with Crippen molar-refractivity contribution in [3.8, 4) is 5.75 Å². The Hall–Kier alpha value is -2.90. The van der Waals surface area contributed by atoms with Gasteiger partial charge in [-0.25, -0.2) is 9.97 Å². The summed E-state index contributed by atoms with van der Waals surface area (Å²) in [5.74, 6) is 1.16. The quantitative estimate of drug-likeness (QED) is 0.450. The number of anilines is 3. The zero-order valence-electron chi connectivity index (χ0n) is 14.0. The minimum Gasteiger partial charge on any atom is -0.494 e. The predicted octanol–water partition coefficient (Wildman–Crippen LogP) is 3.37. The van der Waals surface area contributed by atoms with Crippen LogP contribution in [0, 0.1) is 10.1 Å². The number of aromatic nitrogens is 2. The van der Waals surface area contributed by atoms with E-state index in [1.165, 1.54) is 6.33 Å². The lowest BCUT2D eigenvalue weighted by Gasteiger charge is -2.13. The van der Waals surface area contributed by atoms with Gasteiger partial charge in [-0.1, -0.05) is 13.3 Å². The molecule has 0 amide bonds. The molecule has 0 radical (unpaired) electrons. The summed E-state index contributed by atoms with van der Waals surface area (Å²) in [6.45, 7) is 2.78. The fourth-order valence-corrected chi connectivity index (χ4v) is 2.06. The van der Waals surface area contributed by atoms with E-state index in [2.05, 4.69) is 22.2 Å². The van der Waals surface area contributed by atoms with E-state index in [4.69, 9.17) is 4.74 Å². The van der Waals surface area contributed by atoms with Gasteiger partial charge in [0.25, 0.3) is 0 Å². The van der Waals surface area contributed by atoms with E-state index < -0.39 is 4.92 Å². The number of hydrogen-bond donors (Lipinski definition) is 1. The van der Waals surface area contributed by atoms with Gasteiger partial charge in [-0.05, 0) is 30.7 Å². The summed E-state index contributed by atoms with van der Waals surface area (Å²) in [6, 6.07) is 7.22. The number of benzene rings is 1. The molecule has 0 aliphatic rings. The molecule has 2 rings (SSSR count). The van der Waals surface area contributed by atoms with Crippen molar-refractivity contribution < 1.29 is 9.66 Å². The Morgan fingerprint density at radius 1 is 1.25 bits per heavy atom. The first kappa shape index (κ1) is 17.5. The molecule has 0 aliphatic heterocycles. The molecule has 0 unspecified atom stereocenters. The highest BCUT2D eigenvalue weighted by molar-refractivity contribution is 5.74. The Morgan fingerprint density at radius 2 is 1.96 bits per heavy atom. The van der Waals surface area contributed by atoms with Gasteiger partial charge < -0.3 is 15.0 Å². The first-order valence-electron chi connectivity index (χ1n) is 7.69. The van der Waals surface area contributed by atoms with E-state index in [0.29, 0.717) is 12.3 Å². The molecule has 0 bridgehead atoms. The van der Waals surface area contributed by atoms with Gasteiger partial charge in [0.1, 0.15) is 12.1 Å². The second-order valence-electron chi connectivity index (χ2n) is 5.40. The topological polar surface area (TPSA) is 93.4 Å². The second kappa shape index (κ2) is 8.09. The maximum absolute atomic E-state index is 11.4. The molecule has 1 aromatic heterocycles. The smallest absolute Gasteiger partial charge is 0.353 e. The highest BCUT2D eigenvalue weighted by Gasteiger charge is 2.24. The standard InChI is InChI=1S/C16H21N5O3/c1-4-5-10-24-13-8-6-12(7-9-13)19-15-14(21(22)23)16(20(2)3)18-11-17-15/h6-9,11H,4-5,10H2,1-3H3,(H,17,18,19). The molecule has 24 heavy (non-hydrogen) atoms. The van der Waals surface area contributed by atoms with E-state index in [1.54, 1.807) is 31.1 Å². The van der Waals surface area contributed by atoms with Gasteiger partial charge in [0, 0.05) is 19.8 Å². The van der Waals surface area contributed by atoms with Crippen LogP contribution in [-0.2, 0) is 0 Å². The van der Waals surface area contributed by atoms with Gasteiger partial charge in [-0.15, -0.1) is 0 Å². The maximum Gasteiger partial charge on any atom is 0.353 e. The van der Waals surface area contributed by atoms with Crippen LogP contribution >= 0.6 is 0 Å². The third-order valence-corrected chi connectivity index (χ3v) is 3.29. The molecule has 8 heteroatoms. The molecular formula is C16H21N5O3. The molecule has 2 aromatic rings. The Morgan fingerprint density at radius 3 is 2.54 bits per heavy atom. The monoisotopic (exact) mass is 331 g/mol. The van der Waals surface area contributed by atoms with Crippen molar-refractivity contribution in [1.82, 2.24) is 9.97 Å². The number of ether oxygens (including phenoxy) is 1. The van der Waals surface area contributed by atoms with E-state index in [0.717, 1.165) is 18.6 Å². The van der Waals surface area contributed by atoms with E-state index in [9.17, 15) is 10.1 Å². The number of unbranched alkanes of at least 4 members (excludes halogenated alkanes) is 1. The highest BCUT2D eigenvalue weighted by Crippen LogP contribution is 2.32. The molecular weight excluding hydrogens is 310 g/mol. The number of nitrogens with one attached hydrogen (secondary N) is 1. The SMILES string of the molecule is CCCCOc1ccc(Nc2ncnc(N(C)C)c2[N+](=O)[O-])cc1. The van der Waals surface area contributed by atoms with Crippen LogP contribution in [-0.4, -0.2) is 35.6 Å². The summed E-state index contributed by atoms with van der Waals surface area (Å²) < 4.78 is 5.60. The van der Waals surface area contributed by atoms with Gasteiger partial charge in [-0.3, -0.25) is 10.1 Å². The lowest BCUT2D eigenvalue weighted by atomic mass is 10.3. The maximum atomic E-state index is 11.4. The van der Waals surface area contributed by atoms with Crippen molar-refractivity contribution in [2.24, 2.45) is 0 Å². The van der Waals surface area contributed by atoms with Gasteiger partial charge in [-0.2, -0.15) is 0 Å². The Labute approximate surface area is 140 Å². The fourth-order valence-electron chi connectivity index (χ4n) is 2.06. The van der Waals surface area contributed by atoms with Crippen LogP contribution in [0.2, 0.25) is 0 Å². The van der Waals surface area contributed by atoms with Crippen LogP contribution in [0.3, 0.4) is 0 Å². The number of rotatable bonds is 8. The van der Waals surface area contributed by atoms with Crippen molar-refractivity contribution in [2.75, 3.05) is 30.9 Å². The normalized spacial score (nSPS) is 10.3. The van der Waals surface area contributed by atoms with Crippen molar-refractivity contribution in [3.63, 3.8) is 0 Å². The van der Waals surface area contributed by atoms with Crippen LogP contribution in [0.5, 0.6) is 5.75 Å². The van der Waals surface area contributed by atoms with Gasteiger partial charge in [0.05, 0.1) is 11.5 Å². The Balaban J connectivity index is 2.19. The van der Waals surface area contributed by atoms with Crippen LogP contribution in [0.15, 0.2) is 30.6 Å². The molecule has 128 valence electrons. The molecule has 1 heterocycles. The third-order valence-electron chi connectivity index (χ3n) is 3.29. The molecule has 8 nitrogen and oxygen atoms in total. The van der Waals surface area contributed by atoms with Gasteiger partial charge in [0.2, 0.25) is 11.6 Å². The fraction of sp³-hybridized carbons (Fsp3) is 0.375. The number of nitrogens with zero attached hydrogens (tertiary/aromatic N) is 4. The largest absolute Gasteiger partial charge is 0.494 e. The molecule has 0 saturated heterocycles. The second-order valence-corrected chi connectivity index (χ2v) is 5.40. The lowest BCUT2D eigenvalue weighted by Crippen LogP contribution is -2.14. The van der Waals surface area contributed by atoms with Crippen molar-refractivity contribution in [3.05, 3.63) is 40.7 Å². The summed E-state index contributed by atoms with van der Waals surface area (Å²) in [4.78, 5) is 20.4. The molecule has 0 fully saturated rings. The molecule has 1 N–H and O–H groups in total. The first-order valence-corrected chi connectivity index (χ1v) is 7.69. The summed E-state index contributed by atoms with van der Waals surface area (Å²) in [7, 11) is 3.39. The summed E-state index contributed by atoms with van der Waals surface area (Å²) >= 11 is 0. The molecule has 0 atom stereocenters. The van der Waals surface area contributed by atoms with E-state index in [1.807, 2.05) is 12.1 Å². The van der Waals surface area contributed by atoms with Gasteiger partial charge in [0.15, 0.2) is 0 Å². The average Bonchev–Trinajstić information content (AvgIpc) is 2.56. The lowest BCUT2D eigenvalue weighted by molar-refractivity contribution is -0.383. The minimum atomic E-state index is -0.486. The van der Waals surface area contributed by atoms with Crippen molar-refractivity contribution in [2.45, 2.75) is 19.8 Å². The van der Waals surface area contributed by atoms with Crippen LogP contribution < -0.4 is 15.0 Å². The predicted molar refractivity (Wildman–Crippen MR) is 93.1 cm³/mol. The highest BCUT2D eigenvalue weighted by atomic mass is 16.6. The Kier molecular flexibility index (Phi) is 5.89. The van der Waals surface area contributed by atoms with Gasteiger partial charge >= 0.3 is 5.69 Å². The summed E-state index contributed by atoms with van der Waals surface area (Å²) in [5.41, 5.74) is 0.523. The van der Waals surface area contributed by atoms with Crippen LogP contribution in [0.4, 0.5) is 23.0 Å². The third kappa shape index (κ3) is 4.31. The van der Waals surface area contributed by atoms with Crippen LogP contribution in [0.25, 0.3) is 0 Å². The number of hydrogen-bond acceptors (Lipinski definition) is 7. The number of nitro groups is 1. The van der Waals surface area contributed by atoms with Crippen molar-refractivity contribution >= 4 is 23.0 Å². The van der Waals surface area contributed by atoms with Crippen molar-refractivity contribution in [1.29, 1.82) is 0 Å². The minimum absolute atomic E-state index is 0.151. The summed E-state index contributed by atoms with van der Waals surface area (Å²) in [6.07, 6.45) is 3.37. The van der Waals surface area contributed by atoms with Crippen LogP contribution in [0.1, 0.15) is 19.8 Å².